The molecule has 4 nitrogen and oxygen atoms in total. The van der Waals surface area contributed by atoms with Crippen LogP contribution < -0.4 is 4.80 Å². The molecule has 3 aromatic heterocycles. The number of aromatic nitrogens is 2. The van der Waals surface area contributed by atoms with Crippen molar-refractivity contribution in [1.82, 2.24) is 9.55 Å². The van der Waals surface area contributed by atoms with E-state index >= 15 is 0 Å². The molecule has 0 aliphatic heterocycles. The van der Waals surface area contributed by atoms with Gasteiger partial charge in [-0.3, -0.25) is 4.79 Å². The van der Waals surface area contributed by atoms with Crippen LogP contribution in [0.4, 0.5) is 0 Å². The fraction of sp³-hybridized carbons (Fsp3) is 0.0417. The molecule has 0 saturated carbocycles. The minimum atomic E-state index is -0.374. The highest BCUT2D eigenvalue weighted by atomic mass is 35.5. The second-order valence-corrected chi connectivity index (χ2v) is 9.68. The lowest BCUT2D eigenvalue weighted by atomic mass is 10.1. The van der Waals surface area contributed by atoms with Crippen molar-refractivity contribution in [3.63, 3.8) is 0 Å². The summed E-state index contributed by atoms with van der Waals surface area (Å²) in [6.45, 7) is 0.227. The zero-order chi connectivity index (χ0) is 22.2. The number of carbonyl (C=O) groups excluding carboxylic acids is 1. The molecule has 0 fully saturated rings. The van der Waals surface area contributed by atoms with Gasteiger partial charge >= 0.3 is 0 Å². The van der Waals surface area contributed by atoms with Gasteiger partial charge in [0.1, 0.15) is 0 Å². The molecule has 0 aliphatic carbocycles. The molecule has 32 heavy (non-hydrogen) atoms. The van der Waals surface area contributed by atoms with Gasteiger partial charge in [-0.25, -0.2) is 4.98 Å². The van der Waals surface area contributed by atoms with E-state index in [1.807, 2.05) is 41.8 Å². The zero-order valence-electron chi connectivity index (χ0n) is 16.4. The first-order chi connectivity index (χ1) is 15.5. The van der Waals surface area contributed by atoms with Crippen LogP contribution in [-0.4, -0.2) is 15.5 Å². The molecular formula is C24H13Cl2N3OS2. The average Bonchev–Trinajstić information content (AvgIpc) is 3.42. The summed E-state index contributed by atoms with van der Waals surface area (Å²) in [5.41, 5.74) is 2.66. The number of pyridine rings is 1. The van der Waals surface area contributed by atoms with Crippen LogP contribution in [0.3, 0.4) is 0 Å². The molecule has 0 aliphatic rings. The zero-order valence-corrected chi connectivity index (χ0v) is 19.5. The van der Waals surface area contributed by atoms with Crippen molar-refractivity contribution in [1.29, 1.82) is 0 Å². The number of thiophene rings is 1. The first-order valence-corrected chi connectivity index (χ1v) is 11.9. The number of para-hydroxylation sites is 1. The number of nitrogens with zero attached hydrogens (tertiary/aromatic N) is 3. The Kier molecular flexibility index (Phi) is 5.58. The second-order valence-electron chi connectivity index (χ2n) is 6.88. The van der Waals surface area contributed by atoms with E-state index < -0.39 is 0 Å². The molecule has 5 aromatic rings. The molecule has 5 rings (SSSR count). The van der Waals surface area contributed by atoms with E-state index in [-0.39, 0.29) is 12.5 Å². The first-order valence-electron chi connectivity index (χ1n) is 9.50. The minimum Gasteiger partial charge on any atom is -0.303 e. The number of carbonyl (C=O) groups is 1. The van der Waals surface area contributed by atoms with Crippen molar-refractivity contribution in [3.05, 3.63) is 80.4 Å². The minimum absolute atomic E-state index is 0.227. The van der Waals surface area contributed by atoms with Gasteiger partial charge in [0.05, 0.1) is 43.4 Å². The highest BCUT2D eigenvalue weighted by Gasteiger charge is 2.16. The Morgan fingerprint density at radius 2 is 2.00 bits per heavy atom. The molecule has 156 valence electrons. The summed E-state index contributed by atoms with van der Waals surface area (Å²) in [5.74, 6) is 2.24. The summed E-state index contributed by atoms with van der Waals surface area (Å²) < 4.78 is 2.57. The summed E-state index contributed by atoms with van der Waals surface area (Å²) in [7, 11) is 0. The average molecular weight is 494 g/mol. The summed E-state index contributed by atoms with van der Waals surface area (Å²) in [6.07, 6.45) is 5.58. The van der Waals surface area contributed by atoms with Crippen LogP contribution in [0, 0.1) is 12.3 Å². The molecule has 8 heteroatoms. The highest BCUT2D eigenvalue weighted by Crippen LogP contribution is 2.31. The fourth-order valence-corrected chi connectivity index (χ4v) is 6.00. The van der Waals surface area contributed by atoms with E-state index in [9.17, 15) is 4.79 Å². The molecule has 0 bridgehead atoms. The van der Waals surface area contributed by atoms with E-state index in [1.54, 1.807) is 34.1 Å². The smallest absolute Gasteiger partial charge is 0.280 e. The van der Waals surface area contributed by atoms with Crippen LogP contribution >= 0.6 is 45.9 Å². The van der Waals surface area contributed by atoms with Gasteiger partial charge in [0, 0.05) is 10.4 Å². The number of rotatable bonds is 3. The number of hydrogen-bond donors (Lipinski definition) is 0. The molecule has 0 atom stereocenters. The Morgan fingerprint density at radius 1 is 1.16 bits per heavy atom. The van der Waals surface area contributed by atoms with E-state index in [4.69, 9.17) is 34.6 Å². The maximum atomic E-state index is 13.4. The third-order valence-electron chi connectivity index (χ3n) is 4.86. The normalized spacial score (nSPS) is 11.8. The Labute approximate surface area is 201 Å². The van der Waals surface area contributed by atoms with Gasteiger partial charge < -0.3 is 4.57 Å². The molecule has 2 aromatic carbocycles. The maximum absolute atomic E-state index is 13.4. The number of fused-ring (bicyclic) bond motifs is 2. The standard InChI is InChI=1S/C24H13Cl2N3OS2/c1-2-9-29-22-17(26)11-14(25)12-21(22)32-24(29)28-23(30)16-13-19(20-8-5-10-31-20)27-18-7-4-3-6-15(16)18/h1,3-8,10-13H,9H2. The topological polar surface area (TPSA) is 47.2 Å². The van der Waals surface area contributed by atoms with Crippen LogP contribution in [0.25, 0.3) is 31.7 Å². The van der Waals surface area contributed by atoms with Crippen LogP contribution in [0.15, 0.2) is 65.0 Å². The Hall–Kier alpha value is -2.95. The predicted molar refractivity (Wildman–Crippen MR) is 134 cm³/mol. The van der Waals surface area contributed by atoms with Gasteiger partial charge in [-0.15, -0.1) is 17.8 Å². The third-order valence-corrected chi connectivity index (χ3v) is 7.29. The molecule has 0 spiro atoms. The summed E-state index contributed by atoms with van der Waals surface area (Å²) in [5, 5.41) is 3.69. The van der Waals surface area contributed by atoms with E-state index in [0.29, 0.717) is 25.9 Å². The SMILES string of the molecule is C#CCn1c(=NC(=O)c2cc(-c3cccs3)nc3ccccc23)sc2cc(Cl)cc(Cl)c21. The van der Waals surface area contributed by atoms with Crippen LogP contribution in [-0.2, 0) is 6.54 Å². The van der Waals surface area contributed by atoms with Crippen molar-refractivity contribution in [2.45, 2.75) is 6.54 Å². The molecular weight excluding hydrogens is 481 g/mol. The lowest BCUT2D eigenvalue weighted by Crippen LogP contribution is -2.17. The van der Waals surface area contributed by atoms with Gasteiger partial charge in [0.25, 0.3) is 5.91 Å². The molecule has 0 saturated heterocycles. The van der Waals surface area contributed by atoms with E-state index in [0.717, 1.165) is 26.2 Å². The molecule has 1 amide bonds. The molecule has 0 N–H and O–H groups in total. The van der Waals surface area contributed by atoms with Crippen LogP contribution in [0.5, 0.6) is 0 Å². The predicted octanol–water partition coefficient (Wildman–Crippen LogP) is 6.66. The number of terminal acetylenes is 1. The summed E-state index contributed by atoms with van der Waals surface area (Å²) >= 11 is 15.5. The lowest BCUT2D eigenvalue weighted by Gasteiger charge is -2.06. The van der Waals surface area contributed by atoms with Crippen LogP contribution in [0.2, 0.25) is 10.0 Å². The monoisotopic (exact) mass is 493 g/mol. The Bertz CT molecular complexity index is 1610. The van der Waals surface area contributed by atoms with Crippen molar-refractivity contribution in [3.8, 4) is 22.9 Å². The van der Waals surface area contributed by atoms with Crippen molar-refractivity contribution < 1.29 is 4.79 Å². The van der Waals surface area contributed by atoms with Crippen molar-refractivity contribution >= 4 is 72.9 Å². The molecule has 0 radical (unpaired) electrons. The fourth-order valence-electron chi connectivity index (χ4n) is 3.50. The van der Waals surface area contributed by atoms with Crippen molar-refractivity contribution in [2.75, 3.05) is 0 Å². The quantitative estimate of drug-likeness (QED) is 0.263. The van der Waals surface area contributed by atoms with Gasteiger partial charge in [0.15, 0.2) is 4.80 Å². The largest absolute Gasteiger partial charge is 0.303 e. The van der Waals surface area contributed by atoms with Crippen LogP contribution in [0.1, 0.15) is 10.4 Å². The Morgan fingerprint density at radius 3 is 2.78 bits per heavy atom. The number of amides is 1. The maximum Gasteiger partial charge on any atom is 0.280 e. The van der Waals surface area contributed by atoms with Gasteiger partial charge in [-0.1, -0.05) is 64.7 Å². The highest BCUT2D eigenvalue weighted by molar-refractivity contribution is 7.16. The van der Waals surface area contributed by atoms with Gasteiger partial charge in [-0.2, -0.15) is 4.99 Å². The third kappa shape index (κ3) is 3.74. The molecule has 3 heterocycles. The summed E-state index contributed by atoms with van der Waals surface area (Å²) in [6, 6.07) is 16.7. The van der Waals surface area contributed by atoms with E-state index in [2.05, 4.69) is 10.9 Å². The lowest BCUT2D eigenvalue weighted by molar-refractivity contribution is 0.0999. The number of hydrogen-bond acceptors (Lipinski definition) is 4. The van der Waals surface area contributed by atoms with Gasteiger partial charge in [0.2, 0.25) is 0 Å². The first kappa shape index (κ1) is 20.9. The Balaban J connectivity index is 1.74. The van der Waals surface area contributed by atoms with Gasteiger partial charge in [-0.05, 0) is 35.7 Å². The number of benzene rings is 2. The molecule has 0 unspecified atom stereocenters. The van der Waals surface area contributed by atoms with Crippen molar-refractivity contribution in [2.24, 2.45) is 4.99 Å². The number of halogens is 2. The summed E-state index contributed by atoms with van der Waals surface area (Å²) in [4.78, 5) is 24.0. The number of thiazole rings is 1. The second kappa shape index (κ2) is 8.53. The van der Waals surface area contributed by atoms with E-state index in [1.165, 1.54) is 11.3 Å².